The summed E-state index contributed by atoms with van der Waals surface area (Å²) in [6.07, 6.45) is 0.973. The molecule has 0 bridgehead atoms. The fourth-order valence-corrected chi connectivity index (χ4v) is 5.21. The number of likely N-dealkylation sites (N-methyl/N-ethyl adjacent to an activating group) is 1. The van der Waals surface area contributed by atoms with Gasteiger partial charge in [-0.1, -0.05) is 19.1 Å². The molecular formula is C18H26FN3O3S. The summed E-state index contributed by atoms with van der Waals surface area (Å²) in [6.45, 7) is 6.87. The molecule has 2 saturated heterocycles. The molecule has 1 aromatic rings. The van der Waals surface area contributed by atoms with Gasteiger partial charge >= 0.3 is 0 Å². The van der Waals surface area contributed by atoms with Crippen LogP contribution in [0.15, 0.2) is 29.2 Å². The van der Waals surface area contributed by atoms with Crippen LogP contribution in [0, 0.1) is 11.7 Å². The zero-order chi connectivity index (χ0) is 18.7. The van der Waals surface area contributed by atoms with Crippen molar-refractivity contribution in [2.75, 3.05) is 45.8 Å². The molecule has 0 aliphatic carbocycles. The summed E-state index contributed by atoms with van der Waals surface area (Å²) in [5.74, 6) is -0.751. The third kappa shape index (κ3) is 3.92. The highest BCUT2D eigenvalue weighted by Gasteiger charge is 2.35. The minimum Gasteiger partial charge on any atom is -0.340 e. The van der Waals surface area contributed by atoms with Crippen LogP contribution in [-0.4, -0.2) is 74.2 Å². The van der Waals surface area contributed by atoms with Gasteiger partial charge in [-0.3, -0.25) is 4.79 Å². The second-order valence-corrected chi connectivity index (χ2v) is 8.77. The predicted molar refractivity (Wildman–Crippen MR) is 96.6 cm³/mol. The molecule has 144 valence electrons. The van der Waals surface area contributed by atoms with Crippen molar-refractivity contribution in [3.05, 3.63) is 30.1 Å². The molecule has 6 nitrogen and oxygen atoms in total. The maximum absolute atomic E-state index is 13.9. The molecule has 1 amide bonds. The van der Waals surface area contributed by atoms with Gasteiger partial charge in [-0.05, 0) is 31.5 Å². The molecule has 0 aromatic heterocycles. The van der Waals surface area contributed by atoms with Crippen molar-refractivity contribution >= 4 is 15.9 Å². The molecule has 2 heterocycles. The molecule has 0 unspecified atom stereocenters. The standard InChI is InChI=1S/C18H26FN3O3S/c1-2-20-11-13-21(14-12-20)18(23)15-7-9-22(10-8-15)26(24,25)17-6-4-3-5-16(17)19/h3-6,15H,2,7-14H2,1H3. The van der Waals surface area contributed by atoms with Crippen LogP contribution in [0.2, 0.25) is 0 Å². The first-order valence-corrected chi connectivity index (χ1v) is 10.6. The van der Waals surface area contributed by atoms with Crippen LogP contribution in [0.1, 0.15) is 19.8 Å². The van der Waals surface area contributed by atoms with Crippen LogP contribution in [0.25, 0.3) is 0 Å². The molecule has 0 saturated carbocycles. The van der Waals surface area contributed by atoms with Gasteiger partial charge in [-0.15, -0.1) is 0 Å². The largest absolute Gasteiger partial charge is 0.340 e. The average molecular weight is 383 g/mol. The van der Waals surface area contributed by atoms with Gasteiger partial charge in [0.1, 0.15) is 10.7 Å². The number of rotatable bonds is 4. The van der Waals surface area contributed by atoms with Crippen molar-refractivity contribution in [1.82, 2.24) is 14.1 Å². The minimum atomic E-state index is -3.85. The van der Waals surface area contributed by atoms with Gasteiger partial charge in [0.05, 0.1) is 0 Å². The van der Waals surface area contributed by atoms with E-state index in [2.05, 4.69) is 11.8 Å². The summed E-state index contributed by atoms with van der Waals surface area (Å²) >= 11 is 0. The molecule has 0 atom stereocenters. The Hall–Kier alpha value is -1.51. The number of hydrogen-bond acceptors (Lipinski definition) is 4. The number of carbonyl (C=O) groups excluding carboxylic acids is 1. The number of halogens is 1. The zero-order valence-electron chi connectivity index (χ0n) is 15.1. The van der Waals surface area contributed by atoms with E-state index in [0.29, 0.717) is 12.8 Å². The Morgan fingerprint density at radius 2 is 1.69 bits per heavy atom. The first kappa shape index (κ1) is 19.3. The summed E-state index contributed by atoms with van der Waals surface area (Å²) in [6, 6.07) is 5.42. The minimum absolute atomic E-state index is 0.128. The van der Waals surface area contributed by atoms with Crippen LogP contribution < -0.4 is 0 Å². The smallest absolute Gasteiger partial charge is 0.245 e. The van der Waals surface area contributed by atoms with E-state index in [1.807, 2.05) is 4.90 Å². The lowest BCUT2D eigenvalue weighted by molar-refractivity contribution is -0.138. The van der Waals surface area contributed by atoms with Gasteiger partial charge in [0.2, 0.25) is 15.9 Å². The maximum atomic E-state index is 13.9. The van der Waals surface area contributed by atoms with E-state index < -0.39 is 15.8 Å². The van der Waals surface area contributed by atoms with Crippen molar-refractivity contribution in [3.63, 3.8) is 0 Å². The van der Waals surface area contributed by atoms with Gasteiger partial charge < -0.3 is 9.80 Å². The highest BCUT2D eigenvalue weighted by atomic mass is 32.2. The average Bonchev–Trinajstić information content (AvgIpc) is 2.68. The van der Waals surface area contributed by atoms with Gasteiger partial charge in [0.25, 0.3) is 0 Å². The SMILES string of the molecule is CCN1CCN(C(=O)C2CCN(S(=O)(=O)c3ccccc3F)CC2)CC1. The first-order valence-electron chi connectivity index (χ1n) is 9.19. The second-order valence-electron chi connectivity index (χ2n) is 6.87. The van der Waals surface area contributed by atoms with Crippen molar-refractivity contribution in [3.8, 4) is 0 Å². The van der Waals surface area contributed by atoms with Gasteiger partial charge in [0, 0.05) is 45.2 Å². The van der Waals surface area contributed by atoms with Gasteiger partial charge in [-0.2, -0.15) is 4.31 Å². The lowest BCUT2D eigenvalue weighted by Gasteiger charge is -2.38. The summed E-state index contributed by atoms with van der Waals surface area (Å²) in [5.41, 5.74) is 0. The Balaban J connectivity index is 1.59. The second kappa shape index (κ2) is 8.02. The van der Waals surface area contributed by atoms with E-state index >= 15 is 0 Å². The van der Waals surface area contributed by atoms with Gasteiger partial charge in [-0.25, -0.2) is 12.8 Å². The van der Waals surface area contributed by atoms with Gasteiger partial charge in [0.15, 0.2) is 0 Å². The van der Waals surface area contributed by atoms with Crippen molar-refractivity contribution in [2.45, 2.75) is 24.7 Å². The number of carbonyl (C=O) groups is 1. The number of nitrogens with zero attached hydrogens (tertiary/aromatic N) is 3. The Kier molecular flexibility index (Phi) is 5.94. The zero-order valence-corrected chi connectivity index (χ0v) is 15.9. The van der Waals surface area contributed by atoms with Crippen LogP contribution in [0.3, 0.4) is 0 Å². The van der Waals surface area contributed by atoms with E-state index in [0.717, 1.165) is 38.8 Å². The van der Waals surface area contributed by atoms with Crippen molar-refractivity contribution in [2.24, 2.45) is 5.92 Å². The summed E-state index contributed by atoms with van der Waals surface area (Å²) < 4.78 is 40.5. The normalized spacial score (nSPS) is 21.1. The number of amides is 1. The molecule has 2 aliphatic rings. The summed E-state index contributed by atoms with van der Waals surface area (Å²) in [4.78, 5) is 16.6. The Labute approximate surface area is 154 Å². The molecule has 2 aliphatic heterocycles. The molecule has 2 fully saturated rings. The molecule has 3 rings (SSSR count). The van der Waals surface area contributed by atoms with E-state index in [9.17, 15) is 17.6 Å². The Morgan fingerprint density at radius 3 is 2.27 bits per heavy atom. The number of sulfonamides is 1. The van der Waals surface area contributed by atoms with E-state index in [1.165, 1.54) is 22.5 Å². The quantitative estimate of drug-likeness (QED) is 0.788. The lowest BCUT2D eigenvalue weighted by Crippen LogP contribution is -2.51. The first-order chi connectivity index (χ1) is 12.4. The maximum Gasteiger partial charge on any atom is 0.245 e. The van der Waals surface area contributed by atoms with E-state index in [4.69, 9.17) is 0 Å². The molecule has 0 N–H and O–H groups in total. The number of hydrogen-bond donors (Lipinski definition) is 0. The van der Waals surface area contributed by atoms with Crippen LogP contribution in [-0.2, 0) is 14.8 Å². The third-order valence-electron chi connectivity index (χ3n) is 5.39. The van der Waals surface area contributed by atoms with E-state index in [1.54, 1.807) is 0 Å². The summed E-state index contributed by atoms with van der Waals surface area (Å²) in [7, 11) is -3.85. The fourth-order valence-electron chi connectivity index (χ4n) is 3.68. The van der Waals surface area contributed by atoms with Crippen molar-refractivity contribution < 1.29 is 17.6 Å². The number of piperazine rings is 1. The third-order valence-corrected chi connectivity index (χ3v) is 7.32. The molecule has 0 radical (unpaired) electrons. The monoisotopic (exact) mass is 383 g/mol. The molecule has 1 aromatic carbocycles. The molecule has 26 heavy (non-hydrogen) atoms. The van der Waals surface area contributed by atoms with E-state index in [-0.39, 0.29) is 29.8 Å². The lowest BCUT2D eigenvalue weighted by atomic mass is 9.96. The molecular weight excluding hydrogens is 357 g/mol. The molecule has 0 spiro atoms. The Bertz CT molecular complexity index is 740. The van der Waals surface area contributed by atoms with Crippen LogP contribution >= 0.6 is 0 Å². The highest BCUT2D eigenvalue weighted by molar-refractivity contribution is 7.89. The number of piperidine rings is 1. The van der Waals surface area contributed by atoms with Crippen LogP contribution in [0.4, 0.5) is 4.39 Å². The predicted octanol–water partition coefficient (Wildman–Crippen LogP) is 1.39. The highest BCUT2D eigenvalue weighted by Crippen LogP contribution is 2.26. The molecule has 8 heteroatoms. The topological polar surface area (TPSA) is 60.9 Å². The number of benzene rings is 1. The van der Waals surface area contributed by atoms with Crippen LogP contribution in [0.5, 0.6) is 0 Å². The van der Waals surface area contributed by atoms with Crippen molar-refractivity contribution in [1.29, 1.82) is 0 Å². The summed E-state index contributed by atoms with van der Waals surface area (Å²) in [5, 5.41) is 0. The fraction of sp³-hybridized carbons (Fsp3) is 0.611. The Morgan fingerprint density at radius 1 is 1.08 bits per heavy atom.